The van der Waals surface area contributed by atoms with E-state index in [-0.39, 0.29) is 17.9 Å². The van der Waals surface area contributed by atoms with E-state index in [1.54, 1.807) is 23.1 Å². The number of aliphatic hydroxyl groups excluding tert-OH is 1. The Bertz CT molecular complexity index is 291. The maximum atomic E-state index is 9.27. The van der Waals surface area contributed by atoms with Crippen molar-refractivity contribution in [3.63, 3.8) is 0 Å². The van der Waals surface area contributed by atoms with Crippen molar-refractivity contribution in [1.29, 1.82) is 0 Å². The van der Waals surface area contributed by atoms with E-state index in [9.17, 15) is 5.11 Å². The fourth-order valence-electron chi connectivity index (χ4n) is 1.30. The minimum Gasteiger partial charge on any atom is -0.395 e. The van der Waals surface area contributed by atoms with Crippen LogP contribution in [0.25, 0.3) is 0 Å². The molecule has 0 fully saturated rings. The van der Waals surface area contributed by atoms with Gasteiger partial charge < -0.3 is 10.8 Å². The van der Waals surface area contributed by atoms with E-state index in [0.717, 1.165) is 22.9 Å². The van der Waals surface area contributed by atoms with Crippen LogP contribution in [0.3, 0.4) is 0 Å². The Morgan fingerprint density at radius 2 is 2.40 bits per heavy atom. The van der Waals surface area contributed by atoms with Gasteiger partial charge in [-0.15, -0.1) is 11.3 Å². The summed E-state index contributed by atoms with van der Waals surface area (Å²) in [5.41, 5.74) is 7.02. The lowest BCUT2D eigenvalue weighted by Crippen LogP contribution is -2.34. The Morgan fingerprint density at radius 3 is 2.87 bits per heavy atom. The van der Waals surface area contributed by atoms with Crippen LogP contribution >= 0.6 is 23.1 Å². The van der Waals surface area contributed by atoms with Crippen LogP contribution in [0, 0.1) is 6.92 Å². The number of hydrogen-bond donors (Lipinski definition) is 2. The molecule has 0 aliphatic heterocycles. The van der Waals surface area contributed by atoms with E-state index in [2.05, 4.69) is 11.9 Å². The molecule has 5 heteroatoms. The number of thiazole rings is 1. The van der Waals surface area contributed by atoms with E-state index in [1.165, 1.54) is 0 Å². The molecule has 86 valence electrons. The highest BCUT2D eigenvalue weighted by atomic mass is 32.2. The van der Waals surface area contributed by atoms with Crippen LogP contribution in [0.15, 0.2) is 9.72 Å². The third-order valence-corrected chi connectivity index (χ3v) is 4.55. The first-order valence-corrected chi connectivity index (χ1v) is 6.88. The standard InChI is InChI=1S/C10H18N2OS2/c1-3-4-8(11)9(5-13)15-10-12-7(2)6-14-10/h6,8-9,13H,3-5,11H2,1-2H3. The summed E-state index contributed by atoms with van der Waals surface area (Å²) in [5, 5.41) is 11.3. The molecule has 15 heavy (non-hydrogen) atoms. The van der Waals surface area contributed by atoms with Crippen molar-refractivity contribution in [2.75, 3.05) is 6.61 Å². The van der Waals surface area contributed by atoms with Gasteiger partial charge in [0.2, 0.25) is 0 Å². The van der Waals surface area contributed by atoms with E-state index < -0.39 is 0 Å². The van der Waals surface area contributed by atoms with Gasteiger partial charge in [0.1, 0.15) is 0 Å². The monoisotopic (exact) mass is 246 g/mol. The molecule has 0 saturated carbocycles. The van der Waals surface area contributed by atoms with Gasteiger partial charge in [-0.2, -0.15) is 0 Å². The lowest BCUT2D eigenvalue weighted by molar-refractivity contribution is 0.279. The van der Waals surface area contributed by atoms with Crippen LogP contribution in [0.2, 0.25) is 0 Å². The van der Waals surface area contributed by atoms with Crippen LogP contribution in [-0.4, -0.2) is 28.0 Å². The number of nitrogens with zero attached hydrogens (tertiary/aromatic N) is 1. The molecule has 0 bridgehead atoms. The third kappa shape index (κ3) is 4.10. The molecule has 0 aliphatic carbocycles. The minimum absolute atomic E-state index is 0.0502. The fourth-order valence-corrected chi connectivity index (χ4v) is 3.39. The molecule has 2 unspecified atom stereocenters. The molecule has 1 aromatic rings. The van der Waals surface area contributed by atoms with Gasteiger partial charge in [-0.1, -0.05) is 25.1 Å². The van der Waals surface area contributed by atoms with E-state index >= 15 is 0 Å². The summed E-state index contributed by atoms with van der Waals surface area (Å²) in [4.78, 5) is 4.36. The van der Waals surface area contributed by atoms with Crippen LogP contribution in [0.5, 0.6) is 0 Å². The summed E-state index contributed by atoms with van der Waals surface area (Å²) in [6, 6.07) is 0.0502. The average molecular weight is 246 g/mol. The van der Waals surface area contributed by atoms with E-state index in [4.69, 9.17) is 5.73 Å². The molecular formula is C10H18N2OS2. The first-order chi connectivity index (χ1) is 7.17. The number of rotatable bonds is 6. The van der Waals surface area contributed by atoms with Gasteiger partial charge in [-0.25, -0.2) is 4.98 Å². The SMILES string of the molecule is CCCC(N)C(CO)Sc1nc(C)cs1. The fraction of sp³-hybridized carbons (Fsp3) is 0.700. The molecule has 1 heterocycles. The normalized spacial score (nSPS) is 15.2. The number of thioether (sulfide) groups is 1. The molecule has 0 saturated heterocycles. The van der Waals surface area contributed by atoms with Crippen molar-refractivity contribution in [1.82, 2.24) is 4.98 Å². The van der Waals surface area contributed by atoms with Crippen molar-refractivity contribution in [3.05, 3.63) is 11.1 Å². The van der Waals surface area contributed by atoms with Gasteiger partial charge in [-0.05, 0) is 13.3 Å². The molecule has 0 aliphatic rings. The molecular weight excluding hydrogens is 228 g/mol. The van der Waals surface area contributed by atoms with Gasteiger partial charge in [0.15, 0.2) is 4.34 Å². The molecule has 0 amide bonds. The zero-order chi connectivity index (χ0) is 11.3. The van der Waals surface area contributed by atoms with Crippen molar-refractivity contribution in [2.24, 2.45) is 5.73 Å². The highest BCUT2D eigenvalue weighted by Gasteiger charge is 2.18. The molecule has 2 atom stereocenters. The van der Waals surface area contributed by atoms with Crippen molar-refractivity contribution < 1.29 is 5.11 Å². The maximum absolute atomic E-state index is 9.27. The molecule has 1 rings (SSSR count). The quantitative estimate of drug-likeness (QED) is 0.754. The van der Waals surface area contributed by atoms with Crippen molar-refractivity contribution >= 4 is 23.1 Å². The highest BCUT2D eigenvalue weighted by molar-refractivity contribution is 8.01. The second-order valence-corrected chi connectivity index (χ2v) is 5.89. The van der Waals surface area contributed by atoms with Gasteiger partial charge >= 0.3 is 0 Å². The van der Waals surface area contributed by atoms with Crippen molar-refractivity contribution in [2.45, 2.75) is 42.3 Å². The number of aromatic nitrogens is 1. The number of aryl methyl sites for hydroxylation is 1. The number of hydrogen-bond acceptors (Lipinski definition) is 5. The first-order valence-electron chi connectivity index (χ1n) is 5.12. The summed E-state index contributed by atoms with van der Waals surface area (Å²) in [5.74, 6) is 0. The van der Waals surface area contributed by atoms with Crippen LogP contribution in [0.1, 0.15) is 25.5 Å². The van der Waals surface area contributed by atoms with Crippen LogP contribution < -0.4 is 5.73 Å². The van der Waals surface area contributed by atoms with E-state index in [1.807, 2.05) is 12.3 Å². The molecule has 0 aromatic carbocycles. The summed E-state index contributed by atoms with van der Waals surface area (Å²) in [6.07, 6.45) is 2.00. The largest absolute Gasteiger partial charge is 0.395 e. The Labute approximate surface area is 99.1 Å². The van der Waals surface area contributed by atoms with E-state index in [0.29, 0.717) is 0 Å². The Hall–Kier alpha value is -0.100. The Kier molecular flexibility index (Phi) is 5.60. The first kappa shape index (κ1) is 13.0. The summed E-state index contributed by atoms with van der Waals surface area (Å²) < 4.78 is 0.998. The Morgan fingerprint density at radius 1 is 1.67 bits per heavy atom. The molecule has 3 nitrogen and oxygen atoms in total. The van der Waals surface area contributed by atoms with Gasteiger partial charge in [-0.3, -0.25) is 0 Å². The summed E-state index contributed by atoms with van der Waals surface area (Å²) >= 11 is 3.20. The average Bonchev–Trinajstić information content (AvgIpc) is 2.61. The molecule has 0 spiro atoms. The zero-order valence-corrected chi connectivity index (χ0v) is 10.8. The minimum atomic E-state index is 0.0502. The van der Waals surface area contributed by atoms with Gasteiger partial charge in [0.05, 0.1) is 6.61 Å². The molecule has 0 radical (unpaired) electrons. The molecule has 3 N–H and O–H groups in total. The third-order valence-electron chi connectivity index (χ3n) is 2.13. The van der Waals surface area contributed by atoms with Crippen LogP contribution in [0.4, 0.5) is 0 Å². The Balaban J connectivity index is 2.53. The van der Waals surface area contributed by atoms with Crippen LogP contribution in [-0.2, 0) is 0 Å². The number of aliphatic hydroxyl groups is 1. The topological polar surface area (TPSA) is 59.1 Å². The maximum Gasteiger partial charge on any atom is 0.150 e. The molecule has 1 aromatic heterocycles. The smallest absolute Gasteiger partial charge is 0.150 e. The van der Waals surface area contributed by atoms with Gasteiger partial charge in [0.25, 0.3) is 0 Å². The number of nitrogens with two attached hydrogens (primary N) is 1. The lowest BCUT2D eigenvalue weighted by atomic mass is 10.1. The second-order valence-electron chi connectivity index (χ2n) is 3.55. The second kappa shape index (κ2) is 6.48. The van der Waals surface area contributed by atoms with Crippen molar-refractivity contribution in [3.8, 4) is 0 Å². The lowest BCUT2D eigenvalue weighted by Gasteiger charge is -2.19. The highest BCUT2D eigenvalue weighted by Crippen LogP contribution is 2.28. The predicted octanol–water partition coefficient (Wildman–Crippen LogP) is 2.03. The predicted molar refractivity (Wildman–Crippen MR) is 66.5 cm³/mol. The zero-order valence-electron chi connectivity index (χ0n) is 9.14. The van der Waals surface area contributed by atoms with Gasteiger partial charge in [0, 0.05) is 22.4 Å². The summed E-state index contributed by atoms with van der Waals surface area (Å²) in [7, 11) is 0. The summed E-state index contributed by atoms with van der Waals surface area (Å²) in [6.45, 7) is 4.19.